The number of anilines is 1. The number of rotatable bonds is 4. The number of carbonyl (C=O) groups is 1. The fraction of sp³-hybridized carbons (Fsp3) is 0.300. The first-order valence-corrected chi connectivity index (χ1v) is 9.38. The number of benzene rings is 2. The molecule has 4 rings (SSSR count). The van der Waals surface area contributed by atoms with E-state index in [0.29, 0.717) is 18.8 Å². The van der Waals surface area contributed by atoms with E-state index in [9.17, 15) is 14.9 Å². The normalized spacial score (nSPS) is 14.7. The Morgan fingerprint density at radius 1 is 1.28 bits per heavy atom. The maximum atomic E-state index is 12.6. The molecule has 2 amide bonds. The Labute approximate surface area is 166 Å². The fourth-order valence-electron chi connectivity index (χ4n) is 3.61. The van der Waals surface area contributed by atoms with Crippen LogP contribution in [0.4, 0.5) is 16.2 Å². The minimum Gasteiger partial charge on any atom is -0.496 e. The fourth-order valence-corrected chi connectivity index (χ4v) is 3.61. The maximum absolute atomic E-state index is 12.6. The molecule has 0 atom stereocenters. The molecule has 2 N–H and O–H groups in total. The Bertz CT molecular complexity index is 1020. The van der Waals surface area contributed by atoms with Crippen molar-refractivity contribution in [2.24, 2.45) is 0 Å². The Morgan fingerprint density at radius 3 is 2.72 bits per heavy atom. The number of amides is 2. The number of H-pyrrole nitrogens is 1. The van der Waals surface area contributed by atoms with E-state index in [4.69, 9.17) is 4.74 Å². The molecular weight excluding hydrogens is 374 g/mol. The van der Waals surface area contributed by atoms with E-state index in [1.807, 2.05) is 24.3 Å². The largest absolute Gasteiger partial charge is 0.496 e. The number of nitro groups is 1. The number of carbonyl (C=O) groups excluding carboxylic acids is 1. The first-order chi connectivity index (χ1) is 14.0. The summed E-state index contributed by atoms with van der Waals surface area (Å²) >= 11 is 0. The van der Waals surface area contributed by atoms with Gasteiger partial charge >= 0.3 is 6.03 Å². The number of hydrogen-bond donors (Lipinski definition) is 2. The lowest BCUT2D eigenvalue weighted by molar-refractivity contribution is -0.384. The van der Waals surface area contributed by atoms with Crippen LogP contribution in [0.15, 0.2) is 42.5 Å². The first kappa shape index (κ1) is 18.7. The Hall–Kier alpha value is -3.62. The number of nitrogens with one attached hydrogen (secondary N) is 2. The number of para-hydroxylation sites is 2. The van der Waals surface area contributed by atoms with Gasteiger partial charge in [0.15, 0.2) is 0 Å². The van der Waals surface area contributed by atoms with E-state index in [-0.39, 0.29) is 23.3 Å². The highest BCUT2D eigenvalue weighted by molar-refractivity contribution is 5.92. The predicted molar refractivity (Wildman–Crippen MR) is 108 cm³/mol. The van der Waals surface area contributed by atoms with Crippen LogP contribution in [0.3, 0.4) is 0 Å². The number of imidazole rings is 1. The van der Waals surface area contributed by atoms with E-state index < -0.39 is 4.92 Å². The number of urea groups is 1. The number of piperidine rings is 1. The number of methoxy groups -OCH3 is 1. The monoisotopic (exact) mass is 395 g/mol. The molecule has 150 valence electrons. The number of ether oxygens (including phenoxy) is 1. The number of nitro benzene ring substituents is 1. The van der Waals surface area contributed by atoms with Crippen LogP contribution in [0, 0.1) is 10.1 Å². The van der Waals surface area contributed by atoms with Gasteiger partial charge in [0, 0.05) is 19.0 Å². The maximum Gasteiger partial charge on any atom is 0.322 e. The van der Waals surface area contributed by atoms with Crippen molar-refractivity contribution in [1.82, 2.24) is 14.9 Å². The molecule has 3 aromatic rings. The predicted octanol–water partition coefficient (Wildman–Crippen LogP) is 3.89. The Kier molecular flexibility index (Phi) is 5.03. The van der Waals surface area contributed by atoms with Crippen molar-refractivity contribution in [3.05, 3.63) is 58.4 Å². The van der Waals surface area contributed by atoms with E-state index in [2.05, 4.69) is 15.3 Å². The molecule has 0 saturated carbocycles. The second-order valence-corrected chi connectivity index (χ2v) is 6.97. The van der Waals surface area contributed by atoms with E-state index in [1.54, 1.807) is 11.0 Å². The minimum absolute atomic E-state index is 0.153. The second kappa shape index (κ2) is 7.78. The summed E-state index contributed by atoms with van der Waals surface area (Å²) < 4.78 is 5.02. The molecule has 0 bridgehead atoms. The van der Waals surface area contributed by atoms with Crippen molar-refractivity contribution >= 4 is 28.4 Å². The van der Waals surface area contributed by atoms with Crippen molar-refractivity contribution in [1.29, 1.82) is 0 Å². The van der Waals surface area contributed by atoms with Gasteiger partial charge in [-0.1, -0.05) is 12.1 Å². The molecule has 0 unspecified atom stereocenters. The third-order valence-electron chi connectivity index (χ3n) is 5.22. The molecular formula is C20H21N5O4. The van der Waals surface area contributed by atoms with E-state index in [1.165, 1.54) is 19.2 Å². The molecule has 2 aromatic carbocycles. The van der Waals surface area contributed by atoms with Gasteiger partial charge in [-0.2, -0.15) is 0 Å². The molecule has 9 nitrogen and oxygen atoms in total. The number of aromatic nitrogens is 2. The van der Waals surface area contributed by atoms with Crippen molar-refractivity contribution in [2.75, 3.05) is 25.5 Å². The van der Waals surface area contributed by atoms with Crippen LogP contribution >= 0.6 is 0 Å². The summed E-state index contributed by atoms with van der Waals surface area (Å²) in [5, 5.41) is 14.0. The van der Waals surface area contributed by atoms with Crippen LogP contribution in [0.1, 0.15) is 24.6 Å². The number of likely N-dealkylation sites (tertiary alicyclic amines) is 1. The lowest BCUT2D eigenvalue weighted by Crippen LogP contribution is -2.40. The van der Waals surface area contributed by atoms with Gasteiger partial charge in [-0.3, -0.25) is 10.1 Å². The zero-order valence-electron chi connectivity index (χ0n) is 15.9. The standard InChI is InChI=1S/C20H21N5O4/c1-29-14-6-7-17(18(12-14)25(27)28)23-20(26)24-10-8-13(9-11-24)19-21-15-4-2-3-5-16(15)22-19/h2-7,12-13H,8-11H2,1H3,(H,21,22)(H,23,26). The quantitative estimate of drug-likeness (QED) is 0.514. The lowest BCUT2D eigenvalue weighted by Gasteiger charge is -2.31. The van der Waals surface area contributed by atoms with Crippen molar-refractivity contribution in [2.45, 2.75) is 18.8 Å². The van der Waals surface area contributed by atoms with Gasteiger partial charge in [0.1, 0.15) is 17.3 Å². The lowest BCUT2D eigenvalue weighted by atomic mass is 9.96. The second-order valence-electron chi connectivity index (χ2n) is 6.97. The number of aromatic amines is 1. The zero-order valence-corrected chi connectivity index (χ0v) is 15.9. The SMILES string of the molecule is COc1ccc(NC(=O)N2CCC(c3nc4ccccc4[nH]3)CC2)c([N+](=O)[O-])c1. The van der Waals surface area contributed by atoms with Gasteiger partial charge in [0.2, 0.25) is 0 Å². The van der Waals surface area contributed by atoms with Crippen molar-refractivity contribution in [3.8, 4) is 5.75 Å². The van der Waals surface area contributed by atoms with Crippen LogP contribution in [0.25, 0.3) is 11.0 Å². The Morgan fingerprint density at radius 2 is 2.03 bits per heavy atom. The summed E-state index contributed by atoms with van der Waals surface area (Å²) in [6.07, 6.45) is 1.55. The third kappa shape index (κ3) is 3.84. The van der Waals surface area contributed by atoms with Gasteiger partial charge in [0.05, 0.1) is 29.1 Å². The highest BCUT2D eigenvalue weighted by atomic mass is 16.6. The average molecular weight is 395 g/mol. The third-order valence-corrected chi connectivity index (χ3v) is 5.22. The molecule has 0 aliphatic carbocycles. The van der Waals surface area contributed by atoms with Gasteiger partial charge in [-0.15, -0.1) is 0 Å². The van der Waals surface area contributed by atoms with Gasteiger partial charge < -0.3 is 19.9 Å². The molecule has 1 saturated heterocycles. The van der Waals surface area contributed by atoms with Crippen LogP contribution < -0.4 is 10.1 Å². The summed E-state index contributed by atoms with van der Waals surface area (Å²) in [5.41, 5.74) is 1.90. The van der Waals surface area contributed by atoms with Crippen LogP contribution in [-0.4, -0.2) is 46.0 Å². The molecule has 1 aliphatic rings. The van der Waals surface area contributed by atoms with Gasteiger partial charge in [-0.25, -0.2) is 9.78 Å². The number of hydrogen-bond acceptors (Lipinski definition) is 5. The molecule has 2 heterocycles. The topological polar surface area (TPSA) is 113 Å². The molecule has 1 fully saturated rings. The summed E-state index contributed by atoms with van der Waals surface area (Å²) in [6.45, 7) is 1.11. The van der Waals surface area contributed by atoms with E-state index in [0.717, 1.165) is 29.7 Å². The number of nitrogens with zero attached hydrogens (tertiary/aromatic N) is 3. The summed E-state index contributed by atoms with van der Waals surface area (Å²) in [4.78, 5) is 33.1. The molecule has 0 spiro atoms. The Balaban J connectivity index is 1.41. The molecule has 29 heavy (non-hydrogen) atoms. The van der Waals surface area contributed by atoms with Crippen LogP contribution in [0.5, 0.6) is 5.75 Å². The average Bonchev–Trinajstić information content (AvgIpc) is 3.18. The smallest absolute Gasteiger partial charge is 0.322 e. The summed E-state index contributed by atoms with van der Waals surface area (Å²) in [6, 6.07) is 11.9. The minimum atomic E-state index is -0.536. The summed E-state index contributed by atoms with van der Waals surface area (Å²) in [7, 11) is 1.43. The highest BCUT2D eigenvalue weighted by Crippen LogP contribution is 2.31. The molecule has 1 aromatic heterocycles. The summed E-state index contributed by atoms with van der Waals surface area (Å²) in [5.74, 6) is 1.56. The zero-order chi connectivity index (χ0) is 20.4. The molecule has 1 aliphatic heterocycles. The molecule has 9 heteroatoms. The van der Waals surface area contributed by atoms with Crippen molar-refractivity contribution < 1.29 is 14.5 Å². The van der Waals surface area contributed by atoms with Gasteiger partial charge in [-0.05, 0) is 37.1 Å². The van der Waals surface area contributed by atoms with Gasteiger partial charge in [0.25, 0.3) is 5.69 Å². The van der Waals surface area contributed by atoms with Crippen LogP contribution in [-0.2, 0) is 0 Å². The van der Waals surface area contributed by atoms with Crippen molar-refractivity contribution in [3.63, 3.8) is 0 Å². The van der Waals surface area contributed by atoms with Crippen LogP contribution in [0.2, 0.25) is 0 Å². The number of fused-ring (bicyclic) bond motifs is 1. The molecule has 0 radical (unpaired) electrons. The first-order valence-electron chi connectivity index (χ1n) is 9.38. The van der Waals surface area contributed by atoms with E-state index >= 15 is 0 Å². The highest BCUT2D eigenvalue weighted by Gasteiger charge is 2.27.